The first-order chi connectivity index (χ1) is 10.7. The first kappa shape index (κ1) is 15.4. The SMILES string of the molecule is C[C@]1(C(=O)N2CCCN(Cc3ccccn3)CC2)CCCO1. The largest absolute Gasteiger partial charge is 0.365 e. The van der Waals surface area contributed by atoms with Crippen molar-refractivity contribution in [3.63, 3.8) is 0 Å². The number of hydrogen-bond donors (Lipinski definition) is 0. The van der Waals surface area contributed by atoms with Gasteiger partial charge >= 0.3 is 0 Å². The third-order valence-electron chi connectivity index (χ3n) is 4.66. The Balaban J connectivity index is 1.57. The lowest BCUT2D eigenvalue weighted by molar-refractivity contribution is -0.150. The Hall–Kier alpha value is -1.46. The van der Waals surface area contributed by atoms with Crippen LogP contribution in [0.2, 0.25) is 0 Å². The van der Waals surface area contributed by atoms with Crippen LogP contribution in [0, 0.1) is 0 Å². The molecule has 2 saturated heterocycles. The molecule has 120 valence electrons. The monoisotopic (exact) mass is 303 g/mol. The fourth-order valence-corrected chi connectivity index (χ4v) is 3.34. The predicted molar refractivity (Wildman–Crippen MR) is 84.3 cm³/mol. The van der Waals surface area contributed by atoms with E-state index in [1.165, 1.54) is 0 Å². The van der Waals surface area contributed by atoms with Gasteiger partial charge in [0.2, 0.25) is 0 Å². The molecule has 0 aromatic carbocycles. The van der Waals surface area contributed by atoms with Gasteiger partial charge in [0.1, 0.15) is 5.60 Å². The summed E-state index contributed by atoms with van der Waals surface area (Å²) in [4.78, 5) is 21.5. The minimum atomic E-state index is -0.587. The summed E-state index contributed by atoms with van der Waals surface area (Å²) < 4.78 is 5.70. The molecule has 3 rings (SSSR count). The molecule has 1 aromatic heterocycles. The van der Waals surface area contributed by atoms with Crippen molar-refractivity contribution >= 4 is 5.91 Å². The number of hydrogen-bond acceptors (Lipinski definition) is 4. The lowest BCUT2D eigenvalue weighted by Gasteiger charge is -2.30. The highest BCUT2D eigenvalue weighted by Crippen LogP contribution is 2.27. The highest BCUT2D eigenvalue weighted by atomic mass is 16.5. The molecule has 2 aliphatic heterocycles. The van der Waals surface area contributed by atoms with E-state index in [9.17, 15) is 4.79 Å². The Bertz CT molecular complexity index is 500. The van der Waals surface area contributed by atoms with Gasteiger partial charge in [-0.15, -0.1) is 0 Å². The molecule has 2 fully saturated rings. The van der Waals surface area contributed by atoms with Gasteiger partial charge in [0.15, 0.2) is 0 Å². The van der Waals surface area contributed by atoms with Gasteiger partial charge in [-0.2, -0.15) is 0 Å². The van der Waals surface area contributed by atoms with Crippen LogP contribution < -0.4 is 0 Å². The van der Waals surface area contributed by atoms with Crippen molar-refractivity contribution in [2.45, 2.75) is 38.3 Å². The normalized spacial score (nSPS) is 26.9. The van der Waals surface area contributed by atoms with Crippen molar-refractivity contribution in [3.05, 3.63) is 30.1 Å². The van der Waals surface area contributed by atoms with Crippen LogP contribution in [0.3, 0.4) is 0 Å². The number of carbonyl (C=O) groups is 1. The summed E-state index contributed by atoms with van der Waals surface area (Å²) in [6.45, 7) is 7.04. The highest BCUT2D eigenvalue weighted by molar-refractivity contribution is 5.85. The molecule has 0 unspecified atom stereocenters. The molecule has 0 N–H and O–H groups in total. The lowest BCUT2D eigenvalue weighted by atomic mass is 10.0. The minimum absolute atomic E-state index is 0.171. The van der Waals surface area contributed by atoms with Crippen molar-refractivity contribution in [3.8, 4) is 0 Å². The van der Waals surface area contributed by atoms with Crippen LogP contribution in [0.15, 0.2) is 24.4 Å². The van der Waals surface area contributed by atoms with Crippen LogP contribution in [0.4, 0.5) is 0 Å². The molecule has 1 aromatic rings. The zero-order valence-electron chi connectivity index (χ0n) is 13.3. The second-order valence-corrected chi connectivity index (χ2v) is 6.43. The Kier molecular flexibility index (Phi) is 4.74. The fourth-order valence-electron chi connectivity index (χ4n) is 3.34. The molecule has 1 amide bonds. The van der Waals surface area contributed by atoms with Crippen LogP contribution in [0.25, 0.3) is 0 Å². The zero-order chi connectivity index (χ0) is 15.4. The maximum absolute atomic E-state index is 12.7. The van der Waals surface area contributed by atoms with Crippen LogP contribution in [0.1, 0.15) is 31.9 Å². The summed E-state index contributed by atoms with van der Waals surface area (Å²) in [6.07, 6.45) is 4.68. The molecular formula is C17H25N3O2. The summed E-state index contributed by atoms with van der Waals surface area (Å²) in [5.41, 5.74) is 0.504. The van der Waals surface area contributed by atoms with Crippen LogP contribution in [-0.4, -0.2) is 59.1 Å². The molecule has 0 aliphatic carbocycles. The van der Waals surface area contributed by atoms with Gasteiger partial charge in [0.05, 0.1) is 5.69 Å². The number of amides is 1. The molecule has 0 saturated carbocycles. The fraction of sp³-hybridized carbons (Fsp3) is 0.647. The number of carbonyl (C=O) groups excluding carboxylic acids is 1. The number of aromatic nitrogens is 1. The molecule has 2 aliphatic rings. The topological polar surface area (TPSA) is 45.7 Å². The molecule has 0 bridgehead atoms. The lowest BCUT2D eigenvalue weighted by Crippen LogP contribution is -2.48. The zero-order valence-corrected chi connectivity index (χ0v) is 13.3. The summed E-state index contributed by atoms with van der Waals surface area (Å²) in [6, 6.07) is 6.02. The second kappa shape index (κ2) is 6.75. The quantitative estimate of drug-likeness (QED) is 0.852. The van der Waals surface area contributed by atoms with E-state index in [2.05, 4.69) is 16.0 Å². The van der Waals surface area contributed by atoms with Gasteiger partial charge in [0.25, 0.3) is 5.91 Å². The predicted octanol–water partition coefficient (Wildman–Crippen LogP) is 1.68. The van der Waals surface area contributed by atoms with Crippen molar-refractivity contribution in [2.24, 2.45) is 0 Å². The van der Waals surface area contributed by atoms with E-state index in [0.717, 1.165) is 57.7 Å². The number of ether oxygens (including phenoxy) is 1. The summed E-state index contributed by atoms with van der Waals surface area (Å²) in [7, 11) is 0. The highest BCUT2D eigenvalue weighted by Gasteiger charge is 2.40. The average Bonchev–Trinajstić information content (AvgIpc) is 2.86. The molecule has 3 heterocycles. The van der Waals surface area contributed by atoms with E-state index < -0.39 is 5.60 Å². The molecule has 0 spiro atoms. The minimum Gasteiger partial charge on any atom is -0.365 e. The van der Waals surface area contributed by atoms with E-state index >= 15 is 0 Å². The van der Waals surface area contributed by atoms with Crippen molar-refractivity contribution < 1.29 is 9.53 Å². The Labute approximate surface area is 132 Å². The Morgan fingerprint density at radius 2 is 2.18 bits per heavy atom. The van der Waals surface area contributed by atoms with Crippen LogP contribution in [0.5, 0.6) is 0 Å². The number of nitrogens with zero attached hydrogens (tertiary/aromatic N) is 3. The smallest absolute Gasteiger partial charge is 0.254 e. The first-order valence-corrected chi connectivity index (χ1v) is 8.23. The Morgan fingerprint density at radius 3 is 2.91 bits per heavy atom. The second-order valence-electron chi connectivity index (χ2n) is 6.43. The molecule has 5 heteroatoms. The van der Waals surface area contributed by atoms with Crippen molar-refractivity contribution in [1.29, 1.82) is 0 Å². The van der Waals surface area contributed by atoms with Gasteiger partial charge < -0.3 is 9.64 Å². The van der Waals surface area contributed by atoms with Crippen LogP contribution in [-0.2, 0) is 16.1 Å². The molecule has 5 nitrogen and oxygen atoms in total. The van der Waals surface area contributed by atoms with Gasteiger partial charge in [-0.1, -0.05) is 6.07 Å². The van der Waals surface area contributed by atoms with E-state index in [1.54, 1.807) is 0 Å². The first-order valence-electron chi connectivity index (χ1n) is 8.23. The molecule has 1 atom stereocenters. The average molecular weight is 303 g/mol. The van der Waals surface area contributed by atoms with Crippen molar-refractivity contribution in [2.75, 3.05) is 32.8 Å². The van der Waals surface area contributed by atoms with Crippen molar-refractivity contribution in [1.82, 2.24) is 14.8 Å². The molecular weight excluding hydrogens is 278 g/mol. The van der Waals surface area contributed by atoms with Gasteiger partial charge in [-0.25, -0.2) is 0 Å². The third kappa shape index (κ3) is 3.47. The van der Waals surface area contributed by atoms with E-state index in [-0.39, 0.29) is 5.91 Å². The molecule has 22 heavy (non-hydrogen) atoms. The Morgan fingerprint density at radius 1 is 1.27 bits per heavy atom. The summed E-state index contributed by atoms with van der Waals surface area (Å²) in [5, 5.41) is 0. The van der Waals surface area contributed by atoms with Gasteiger partial charge in [-0.05, 0) is 38.3 Å². The maximum atomic E-state index is 12.7. The number of pyridine rings is 1. The number of rotatable bonds is 3. The summed E-state index contributed by atoms with van der Waals surface area (Å²) in [5.74, 6) is 0.171. The van der Waals surface area contributed by atoms with E-state index in [4.69, 9.17) is 4.74 Å². The third-order valence-corrected chi connectivity index (χ3v) is 4.66. The summed E-state index contributed by atoms with van der Waals surface area (Å²) >= 11 is 0. The van der Waals surface area contributed by atoms with E-state index in [0.29, 0.717) is 6.61 Å². The molecule has 0 radical (unpaired) electrons. The maximum Gasteiger partial charge on any atom is 0.254 e. The van der Waals surface area contributed by atoms with Gasteiger partial charge in [-0.3, -0.25) is 14.7 Å². The van der Waals surface area contributed by atoms with Gasteiger partial charge in [0, 0.05) is 45.5 Å². The standard InChI is InChI=1S/C17H25N3O2/c1-17(7-4-13-22-17)16(21)20-10-5-9-19(11-12-20)14-15-6-2-3-8-18-15/h2-3,6,8H,4-5,7,9-14H2,1H3/t17-/m1/s1. The van der Waals surface area contributed by atoms with E-state index in [1.807, 2.05) is 30.2 Å². The van der Waals surface area contributed by atoms with Crippen LogP contribution >= 0.6 is 0 Å².